The zero-order valence-electron chi connectivity index (χ0n) is 13.4. The molecular weight excluding hydrogens is 460 g/mol. The van der Waals surface area contributed by atoms with Crippen molar-refractivity contribution in [1.29, 1.82) is 0 Å². The molecule has 138 valence electrons. The molecule has 10 heteroatoms. The second kappa shape index (κ2) is 11.6. The summed E-state index contributed by atoms with van der Waals surface area (Å²) < 4.78 is 42.7. The van der Waals surface area contributed by atoms with Gasteiger partial charge in [0, 0.05) is 32.3 Å². The van der Waals surface area contributed by atoms with Gasteiger partial charge >= 0.3 is 6.18 Å². The lowest BCUT2D eigenvalue weighted by atomic mass is 10.3. The van der Waals surface area contributed by atoms with Gasteiger partial charge in [-0.2, -0.15) is 13.2 Å². The van der Waals surface area contributed by atoms with E-state index in [2.05, 4.69) is 20.6 Å². The van der Waals surface area contributed by atoms with E-state index in [1.807, 2.05) is 13.8 Å². The summed E-state index contributed by atoms with van der Waals surface area (Å²) in [6.45, 7) is 6.21. The van der Waals surface area contributed by atoms with Gasteiger partial charge < -0.3 is 15.4 Å². The maximum Gasteiger partial charge on any atom is 0.417 e. The Morgan fingerprint density at radius 2 is 1.92 bits per heavy atom. The topological polar surface area (TPSA) is 58.5 Å². The van der Waals surface area contributed by atoms with Crippen molar-refractivity contribution >= 4 is 41.5 Å². The van der Waals surface area contributed by atoms with Gasteiger partial charge in [-0.25, -0.2) is 4.98 Å². The standard InChI is InChI=1S/C14H20ClF3N4O.HI/c1-3-19-13(20-4-2)21-6-5-7-23-12-11(15)8-10(9-22-12)14(16,17)18;/h8-9H,3-7H2,1-2H3,(H2,19,20,21);1H. The Hall–Kier alpha value is -0.970. The molecule has 0 aliphatic heterocycles. The molecule has 0 radical (unpaired) electrons. The van der Waals surface area contributed by atoms with Gasteiger partial charge in [-0.1, -0.05) is 11.6 Å². The van der Waals surface area contributed by atoms with E-state index in [1.165, 1.54) is 0 Å². The van der Waals surface area contributed by atoms with Crippen LogP contribution in [0.2, 0.25) is 5.02 Å². The second-order valence-corrected chi connectivity index (χ2v) is 4.91. The van der Waals surface area contributed by atoms with Crippen molar-refractivity contribution in [3.8, 4) is 5.88 Å². The summed E-state index contributed by atoms with van der Waals surface area (Å²) >= 11 is 5.75. The molecule has 0 unspecified atom stereocenters. The van der Waals surface area contributed by atoms with Crippen LogP contribution >= 0.6 is 35.6 Å². The van der Waals surface area contributed by atoms with Crippen molar-refractivity contribution < 1.29 is 17.9 Å². The van der Waals surface area contributed by atoms with Crippen LogP contribution in [-0.4, -0.2) is 37.2 Å². The van der Waals surface area contributed by atoms with E-state index in [4.69, 9.17) is 16.3 Å². The van der Waals surface area contributed by atoms with Gasteiger partial charge in [0.15, 0.2) is 5.96 Å². The summed E-state index contributed by atoms with van der Waals surface area (Å²) in [5.74, 6) is 0.697. The van der Waals surface area contributed by atoms with Crippen molar-refractivity contribution in [2.24, 2.45) is 4.99 Å². The summed E-state index contributed by atoms with van der Waals surface area (Å²) in [4.78, 5) is 7.92. The molecule has 0 amide bonds. The molecule has 5 nitrogen and oxygen atoms in total. The third kappa shape index (κ3) is 8.22. The zero-order valence-corrected chi connectivity index (χ0v) is 16.5. The third-order valence-electron chi connectivity index (χ3n) is 2.63. The van der Waals surface area contributed by atoms with E-state index in [1.54, 1.807) is 0 Å². The van der Waals surface area contributed by atoms with Crippen LogP contribution in [0, 0.1) is 0 Å². The maximum atomic E-state index is 12.5. The molecule has 0 atom stereocenters. The van der Waals surface area contributed by atoms with Gasteiger partial charge in [-0.05, 0) is 19.9 Å². The molecule has 0 saturated heterocycles. The fraction of sp³-hybridized carbons (Fsp3) is 0.571. The average Bonchev–Trinajstić information content (AvgIpc) is 2.47. The number of alkyl halides is 3. The number of aliphatic imine (C=N–C) groups is 1. The average molecular weight is 481 g/mol. The quantitative estimate of drug-likeness (QED) is 0.270. The van der Waals surface area contributed by atoms with Crippen LogP contribution in [0.4, 0.5) is 13.2 Å². The largest absolute Gasteiger partial charge is 0.477 e. The first kappa shape index (κ1) is 23.0. The molecule has 1 aromatic heterocycles. The lowest BCUT2D eigenvalue weighted by Crippen LogP contribution is -2.37. The number of halogens is 5. The van der Waals surface area contributed by atoms with E-state index < -0.39 is 11.7 Å². The van der Waals surface area contributed by atoms with Crippen molar-refractivity contribution in [3.05, 3.63) is 22.8 Å². The molecule has 0 bridgehead atoms. The number of hydrogen-bond acceptors (Lipinski definition) is 3. The molecule has 0 saturated carbocycles. The number of guanidine groups is 1. The highest BCUT2D eigenvalue weighted by atomic mass is 127. The lowest BCUT2D eigenvalue weighted by Gasteiger charge is -2.10. The molecular formula is C14H21ClF3IN4O. The van der Waals surface area contributed by atoms with Gasteiger partial charge in [-0.15, -0.1) is 24.0 Å². The van der Waals surface area contributed by atoms with E-state index in [9.17, 15) is 13.2 Å². The van der Waals surface area contributed by atoms with Crippen molar-refractivity contribution in [2.75, 3.05) is 26.2 Å². The fourth-order valence-electron chi connectivity index (χ4n) is 1.62. The first-order valence-electron chi connectivity index (χ1n) is 7.26. The van der Waals surface area contributed by atoms with Gasteiger partial charge in [0.2, 0.25) is 5.88 Å². The fourth-order valence-corrected chi connectivity index (χ4v) is 1.84. The minimum Gasteiger partial charge on any atom is -0.477 e. The molecule has 1 heterocycles. The minimum atomic E-state index is -4.47. The van der Waals surface area contributed by atoms with Crippen molar-refractivity contribution in [2.45, 2.75) is 26.4 Å². The van der Waals surface area contributed by atoms with Crippen molar-refractivity contribution in [1.82, 2.24) is 15.6 Å². The first-order chi connectivity index (χ1) is 10.9. The smallest absolute Gasteiger partial charge is 0.417 e. The van der Waals surface area contributed by atoms with Crippen LogP contribution in [0.5, 0.6) is 5.88 Å². The molecule has 0 spiro atoms. The Bertz CT molecular complexity index is 521. The molecule has 0 fully saturated rings. The first-order valence-corrected chi connectivity index (χ1v) is 7.64. The van der Waals surface area contributed by atoms with E-state index >= 15 is 0 Å². The predicted octanol–water partition coefficient (Wildman–Crippen LogP) is 3.72. The van der Waals surface area contributed by atoms with Gasteiger partial charge in [-0.3, -0.25) is 4.99 Å². The number of hydrogen-bond donors (Lipinski definition) is 2. The molecule has 2 N–H and O–H groups in total. The number of ether oxygens (including phenoxy) is 1. The van der Waals surface area contributed by atoms with Crippen LogP contribution in [0.25, 0.3) is 0 Å². The minimum absolute atomic E-state index is 0. The van der Waals surface area contributed by atoms with Gasteiger partial charge in [0.05, 0.1) is 12.2 Å². The number of nitrogens with zero attached hydrogens (tertiary/aromatic N) is 2. The summed E-state index contributed by atoms with van der Waals surface area (Å²) in [7, 11) is 0. The van der Waals surface area contributed by atoms with Gasteiger partial charge in [0.25, 0.3) is 0 Å². The molecule has 0 aromatic carbocycles. The Balaban J connectivity index is 0.00000529. The number of pyridine rings is 1. The second-order valence-electron chi connectivity index (χ2n) is 4.50. The normalized spacial score (nSPS) is 10.6. The monoisotopic (exact) mass is 480 g/mol. The SMILES string of the molecule is CCNC(=NCCCOc1ncc(C(F)(F)F)cc1Cl)NCC.I. The van der Waals surface area contributed by atoms with Crippen LogP contribution in [0.15, 0.2) is 17.3 Å². The van der Waals surface area contributed by atoms with Crippen LogP contribution in [-0.2, 0) is 6.18 Å². The van der Waals surface area contributed by atoms with Crippen LogP contribution < -0.4 is 15.4 Å². The molecule has 0 aliphatic rings. The molecule has 1 rings (SSSR count). The predicted molar refractivity (Wildman–Crippen MR) is 99.4 cm³/mol. The Morgan fingerprint density at radius 1 is 1.29 bits per heavy atom. The lowest BCUT2D eigenvalue weighted by molar-refractivity contribution is -0.137. The van der Waals surface area contributed by atoms with Gasteiger partial charge in [0.1, 0.15) is 5.02 Å². The summed E-state index contributed by atoms with van der Waals surface area (Å²) in [5.41, 5.74) is -0.902. The van der Waals surface area contributed by atoms with E-state index in [0.29, 0.717) is 25.1 Å². The maximum absolute atomic E-state index is 12.5. The van der Waals surface area contributed by atoms with Crippen LogP contribution in [0.1, 0.15) is 25.8 Å². The molecule has 1 aromatic rings. The Morgan fingerprint density at radius 3 is 2.42 bits per heavy atom. The Kier molecular flexibility index (Phi) is 11.1. The highest BCUT2D eigenvalue weighted by Gasteiger charge is 2.31. The Labute approximate surface area is 161 Å². The van der Waals surface area contributed by atoms with E-state index in [-0.39, 0.29) is 41.5 Å². The van der Waals surface area contributed by atoms with Crippen LogP contribution in [0.3, 0.4) is 0 Å². The van der Waals surface area contributed by atoms with E-state index in [0.717, 1.165) is 19.2 Å². The highest BCUT2D eigenvalue weighted by Crippen LogP contribution is 2.33. The zero-order chi connectivity index (χ0) is 17.3. The molecule has 0 aliphatic carbocycles. The third-order valence-corrected chi connectivity index (χ3v) is 2.91. The number of nitrogens with one attached hydrogen (secondary N) is 2. The summed E-state index contributed by atoms with van der Waals surface area (Å²) in [5, 5.41) is 6.00. The number of rotatable bonds is 7. The summed E-state index contributed by atoms with van der Waals surface area (Å²) in [6.07, 6.45) is -3.19. The highest BCUT2D eigenvalue weighted by molar-refractivity contribution is 14.0. The molecule has 24 heavy (non-hydrogen) atoms. The number of aromatic nitrogens is 1. The summed E-state index contributed by atoms with van der Waals surface area (Å²) in [6, 6.07) is 0.802. The van der Waals surface area contributed by atoms with Crippen molar-refractivity contribution in [3.63, 3.8) is 0 Å².